The van der Waals surface area contributed by atoms with Gasteiger partial charge in [0.05, 0.1) is 26.4 Å². The highest BCUT2D eigenvalue weighted by atomic mass is 16.5. The Bertz CT molecular complexity index is 383. The Balaban J connectivity index is 2.02. The van der Waals surface area contributed by atoms with Crippen LogP contribution in [0.15, 0.2) is 18.2 Å². The first-order valence-corrected chi connectivity index (χ1v) is 6.27. The summed E-state index contributed by atoms with van der Waals surface area (Å²) in [5, 5.41) is 9.52. The molecule has 1 unspecified atom stereocenters. The number of ether oxygens (including phenoxy) is 3. The lowest BCUT2D eigenvalue weighted by Crippen LogP contribution is -2.12. The number of benzene rings is 1. The van der Waals surface area contributed by atoms with E-state index in [1.165, 1.54) is 0 Å². The highest BCUT2D eigenvalue weighted by Crippen LogP contribution is 2.31. The second kappa shape index (κ2) is 6.07. The molecule has 0 saturated carbocycles. The molecule has 1 N–H and O–H groups in total. The molecule has 1 aromatic carbocycles. The molecule has 0 spiro atoms. The molecule has 0 aliphatic carbocycles. The third-order valence-electron chi connectivity index (χ3n) is 3.17. The summed E-state index contributed by atoms with van der Waals surface area (Å²) in [7, 11) is 1.60. The van der Waals surface area contributed by atoms with Crippen LogP contribution >= 0.6 is 0 Å². The van der Waals surface area contributed by atoms with Crippen LogP contribution in [0.3, 0.4) is 0 Å². The average molecular weight is 252 g/mol. The van der Waals surface area contributed by atoms with E-state index in [0.717, 1.165) is 25.2 Å². The van der Waals surface area contributed by atoms with Crippen molar-refractivity contribution in [3.8, 4) is 11.5 Å². The van der Waals surface area contributed by atoms with Crippen molar-refractivity contribution in [3.05, 3.63) is 23.8 Å². The Hall–Kier alpha value is -1.26. The van der Waals surface area contributed by atoms with Crippen LogP contribution in [0.25, 0.3) is 0 Å². The molecular weight excluding hydrogens is 232 g/mol. The Morgan fingerprint density at radius 3 is 2.89 bits per heavy atom. The van der Waals surface area contributed by atoms with E-state index in [1.807, 2.05) is 18.2 Å². The van der Waals surface area contributed by atoms with Crippen molar-refractivity contribution in [2.24, 2.45) is 5.92 Å². The van der Waals surface area contributed by atoms with Gasteiger partial charge in [-0.15, -0.1) is 0 Å². The Morgan fingerprint density at radius 1 is 1.44 bits per heavy atom. The zero-order valence-electron chi connectivity index (χ0n) is 10.9. The Morgan fingerprint density at radius 2 is 2.28 bits per heavy atom. The predicted molar refractivity (Wildman–Crippen MR) is 68.0 cm³/mol. The minimum absolute atomic E-state index is 0.464. The van der Waals surface area contributed by atoms with Gasteiger partial charge in [-0.05, 0) is 31.0 Å². The molecule has 1 aliphatic heterocycles. The predicted octanol–water partition coefficient (Wildman–Crippen LogP) is 2.16. The number of aliphatic hydroxyl groups is 1. The quantitative estimate of drug-likeness (QED) is 0.872. The van der Waals surface area contributed by atoms with Gasteiger partial charge in [0.15, 0.2) is 11.5 Å². The zero-order valence-corrected chi connectivity index (χ0v) is 10.9. The molecule has 4 nitrogen and oxygen atoms in total. The standard InChI is InChI=1S/C14H20O4/c1-10(15)12-3-4-13(14(7-12)16-2)18-9-11-5-6-17-8-11/h3-4,7,10-11,15H,5-6,8-9H2,1-2H3/t10-,11?/m0/s1. The van der Waals surface area contributed by atoms with Gasteiger partial charge in [0, 0.05) is 12.5 Å². The molecule has 1 heterocycles. The van der Waals surface area contributed by atoms with Gasteiger partial charge in [-0.2, -0.15) is 0 Å². The number of rotatable bonds is 5. The smallest absolute Gasteiger partial charge is 0.161 e. The molecule has 2 atom stereocenters. The third-order valence-corrected chi connectivity index (χ3v) is 3.17. The summed E-state index contributed by atoms with van der Waals surface area (Å²) in [6, 6.07) is 5.51. The molecule has 0 radical (unpaired) electrons. The van der Waals surface area contributed by atoms with Gasteiger partial charge in [-0.25, -0.2) is 0 Å². The first-order valence-electron chi connectivity index (χ1n) is 6.27. The van der Waals surface area contributed by atoms with Crippen LogP contribution in [0, 0.1) is 5.92 Å². The Labute approximate surface area is 107 Å². The number of hydrogen-bond donors (Lipinski definition) is 1. The van der Waals surface area contributed by atoms with Gasteiger partial charge in [0.25, 0.3) is 0 Å². The highest BCUT2D eigenvalue weighted by molar-refractivity contribution is 5.43. The molecule has 18 heavy (non-hydrogen) atoms. The van der Waals surface area contributed by atoms with Crippen LogP contribution in [-0.2, 0) is 4.74 Å². The topological polar surface area (TPSA) is 47.9 Å². The molecule has 0 amide bonds. The fraction of sp³-hybridized carbons (Fsp3) is 0.571. The molecule has 100 valence electrons. The van der Waals surface area contributed by atoms with Crippen molar-refractivity contribution in [2.75, 3.05) is 26.9 Å². The molecule has 1 fully saturated rings. The minimum atomic E-state index is -0.504. The molecule has 0 aromatic heterocycles. The van der Waals surface area contributed by atoms with Gasteiger partial charge in [-0.1, -0.05) is 6.07 Å². The van der Waals surface area contributed by atoms with Gasteiger partial charge >= 0.3 is 0 Å². The SMILES string of the molecule is COc1cc([C@H](C)O)ccc1OCC1CCOC1. The molecule has 4 heteroatoms. The molecule has 1 aromatic rings. The van der Waals surface area contributed by atoms with Gasteiger partial charge in [0.2, 0.25) is 0 Å². The van der Waals surface area contributed by atoms with E-state index in [2.05, 4.69) is 0 Å². The van der Waals surface area contributed by atoms with E-state index in [-0.39, 0.29) is 0 Å². The Kier molecular flexibility index (Phi) is 4.44. The average Bonchev–Trinajstić information content (AvgIpc) is 2.89. The first kappa shape index (κ1) is 13.2. The third kappa shape index (κ3) is 3.15. The van der Waals surface area contributed by atoms with Crippen molar-refractivity contribution < 1.29 is 19.3 Å². The molecular formula is C14H20O4. The van der Waals surface area contributed by atoms with Crippen LogP contribution in [0.5, 0.6) is 11.5 Å². The fourth-order valence-electron chi connectivity index (χ4n) is 1.99. The van der Waals surface area contributed by atoms with Crippen molar-refractivity contribution in [1.82, 2.24) is 0 Å². The molecule has 1 aliphatic rings. The number of aliphatic hydroxyl groups excluding tert-OH is 1. The van der Waals surface area contributed by atoms with Crippen molar-refractivity contribution in [2.45, 2.75) is 19.4 Å². The second-order valence-corrected chi connectivity index (χ2v) is 4.63. The summed E-state index contributed by atoms with van der Waals surface area (Å²) in [6.07, 6.45) is 0.546. The normalized spacial score (nSPS) is 20.7. The molecule has 1 saturated heterocycles. The van der Waals surface area contributed by atoms with Crippen LogP contribution in [-0.4, -0.2) is 32.0 Å². The van der Waals surface area contributed by atoms with E-state index < -0.39 is 6.10 Å². The highest BCUT2D eigenvalue weighted by Gasteiger charge is 2.17. The summed E-state index contributed by atoms with van der Waals surface area (Å²) in [5.74, 6) is 1.84. The van der Waals surface area contributed by atoms with Crippen molar-refractivity contribution >= 4 is 0 Å². The first-order chi connectivity index (χ1) is 8.70. The number of methoxy groups -OCH3 is 1. The van der Waals surface area contributed by atoms with E-state index >= 15 is 0 Å². The lowest BCUT2D eigenvalue weighted by atomic mass is 10.1. The summed E-state index contributed by atoms with van der Waals surface area (Å²) in [6.45, 7) is 3.97. The summed E-state index contributed by atoms with van der Waals surface area (Å²) in [4.78, 5) is 0. The maximum absolute atomic E-state index is 9.52. The summed E-state index contributed by atoms with van der Waals surface area (Å²) < 4.78 is 16.4. The van der Waals surface area contributed by atoms with E-state index in [1.54, 1.807) is 14.0 Å². The minimum Gasteiger partial charge on any atom is -0.493 e. The zero-order chi connectivity index (χ0) is 13.0. The van der Waals surface area contributed by atoms with Crippen LogP contribution in [0.2, 0.25) is 0 Å². The summed E-state index contributed by atoms with van der Waals surface area (Å²) >= 11 is 0. The van der Waals surface area contributed by atoms with Gasteiger partial charge in [0.1, 0.15) is 0 Å². The maximum Gasteiger partial charge on any atom is 0.161 e. The van der Waals surface area contributed by atoms with Crippen LogP contribution in [0.4, 0.5) is 0 Å². The second-order valence-electron chi connectivity index (χ2n) is 4.63. The molecule has 2 rings (SSSR count). The van der Waals surface area contributed by atoms with Gasteiger partial charge < -0.3 is 19.3 Å². The van der Waals surface area contributed by atoms with Crippen LogP contribution < -0.4 is 9.47 Å². The van der Waals surface area contributed by atoms with E-state index in [0.29, 0.717) is 24.0 Å². The van der Waals surface area contributed by atoms with Gasteiger partial charge in [-0.3, -0.25) is 0 Å². The lowest BCUT2D eigenvalue weighted by molar-refractivity contribution is 0.165. The van der Waals surface area contributed by atoms with Crippen LogP contribution in [0.1, 0.15) is 25.0 Å². The maximum atomic E-state index is 9.52. The largest absolute Gasteiger partial charge is 0.493 e. The number of hydrogen-bond acceptors (Lipinski definition) is 4. The fourth-order valence-corrected chi connectivity index (χ4v) is 1.99. The monoisotopic (exact) mass is 252 g/mol. The van der Waals surface area contributed by atoms with E-state index in [9.17, 15) is 5.11 Å². The lowest BCUT2D eigenvalue weighted by Gasteiger charge is -2.15. The van der Waals surface area contributed by atoms with Crippen molar-refractivity contribution in [1.29, 1.82) is 0 Å². The summed E-state index contributed by atoms with van der Waals surface area (Å²) in [5.41, 5.74) is 0.823. The molecule has 0 bridgehead atoms. The van der Waals surface area contributed by atoms with Crippen molar-refractivity contribution in [3.63, 3.8) is 0 Å². The van der Waals surface area contributed by atoms with E-state index in [4.69, 9.17) is 14.2 Å².